The molecule has 0 spiro atoms. The van der Waals surface area contributed by atoms with Crippen molar-refractivity contribution in [1.82, 2.24) is 20.1 Å². The summed E-state index contributed by atoms with van der Waals surface area (Å²) >= 11 is 13.8. The topological polar surface area (TPSA) is 69.0 Å². The monoisotopic (exact) mass is 462 g/mol. The second kappa shape index (κ2) is 9.29. The van der Waals surface area contributed by atoms with Gasteiger partial charge < -0.3 is 10.1 Å². The third-order valence-electron chi connectivity index (χ3n) is 4.72. The van der Waals surface area contributed by atoms with Crippen LogP contribution in [-0.4, -0.2) is 40.1 Å². The number of ether oxygens (including phenoxy) is 1. The largest absolute Gasteiger partial charge is 0.495 e. The first-order chi connectivity index (χ1) is 14.5. The molecule has 1 saturated carbocycles. The molecule has 1 heterocycles. The first-order valence-electron chi connectivity index (χ1n) is 9.50. The number of benzene rings is 2. The van der Waals surface area contributed by atoms with Crippen molar-refractivity contribution in [1.29, 1.82) is 0 Å². The van der Waals surface area contributed by atoms with E-state index in [1.54, 1.807) is 31.4 Å². The fraction of sp³-hybridized carbons (Fsp3) is 0.286. The van der Waals surface area contributed by atoms with Crippen molar-refractivity contribution in [2.75, 3.05) is 19.4 Å². The zero-order valence-corrected chi connectivity index (χ0v) is 18.6. The highest BCUT2D eigenvalue weighted by atomic mass is 35.5. The Balaban J connectivity index is 1.69. The molecule has 1 amide bonds. The molecule has 0 radical (unpaired) electrons. The minimum absolute atomic E-state index is 0.0242. The van der Waals surface area contributed by atoms with Crippen LogP contribution in [0.15, 0.2) is 47.6 Å². The van der Waals surface area contributed by atoms with Crippen LogP contribution in [-0.2, 0) is 4.79 Å². The molecule has 1 aliphatic carbocycles. The Labute approximate surface area is 188 Å². The van der Waals surface area contributed by atoms with Gasteiger partial charge in [0.1, 0.15) is 5.75 Å². The van der Waals surface area contributed by atoms with Crippen molar-refractivity contribution in [3.8, 4) is 22.8 Å². The second-order valence-corrected chi connectivity index (χ2v) is 8.82. The number of nitrogens with zero attached hydrogens (tertiary/aromatic N) is 3. The van der Waals surface area contributed by atoms with Gasteiger partial charge in [0.25, 0.3) is 0 Å². The SMILES string of the molecule is COc1ccc(Cl)cc1-n1c(SCC(=O)NCC2CC2)nnc1-c1cccc(Cl)c1. The highest BCUT2D eigenvalue weighted by molar-refractivity contribution is 7.99. The maximum Gasteiger partial charge on any atom is 0.230 e. The van der Waals surface area contributed by atoms with E-state index in [0.29, 0.717) is 38.4 Å². The van der Waals surface area contributed by atoms with Gasteiger partial charge in [-0.05, 0) is 49.1 Å². The Hall–Kier alpha value is -2.22. The number of halogens is 2. The van der Waals surface area contributed by atoms with Gasteiger partial charge in [-0.15, -0.1) is 10.2 Å². The summed E-state index contributed by atoms with van der Waals surface area (Å²) < 4.78 is 7.38. The number of hydrogen-bond donors (Lipinski definition) is 1. The Morgan fingerprint density at radius 1 is 1.20 bits per heavy atom. The predicted molar refractivity (Wildman–Crippen MR) is 120 cm³/mol. The molecule has 0 aliphatic heterocycles. The van der Waals surface area contributed by atoms with Crippen LogP contribution in [0.2, 0.25) is 10.0 Å². The lowest BCUT2D eigenvalue weighted by Gasteiger charge is -2.14. The van der Waals surface area contributed by atoms with Crippen molar-refractivity contribution in [3.05, 3.63) is 52.5 Å². The fourth-order valence-corrected chi connectivity index (χ4v) is 4.13. The van der Waals surface area contributed by atoms with E-state index >= 15 is 0 Å². The summed E-state index contributed by atoms with van der Waals surface area (Å²) in [5.41, 5.74) is 1.48. The van der Waals surface area contributed by atoms with Gasteiger partial charge in [0.15, 0.2) is 11.0 Å². The summed E-state index contributed by atoms with van der Waals surface area (Å²) in [4.78, 5) is 12.2. The summed E-state index contributed by atoms with van der Waals surface area (Å²) in [5, 5.41) is 13.4. The van der Waals surface area contributed by atoms with Gasteiger partial charge in [-0.25, -0.2) is 0 Å². The third kappa shape index (κ3) is 4.91. The zero-order valence-electron chi connectivity index (χ0n) is 16.3. The van der Waals surface area contributed by atoms with Gasteiger partial charge in [-0.1, -0.05) is 47.1 Å². The van der Waals surface area contributed by atoms with Crippen molar-refractivity contribution < 1.29 is 9.53 Å². The van der Waals surface area contributed by atoms with Crippen LogP contribution in [0.3, 0.4) is 0 Å². The van der Waals surface area contributed by atoms with E-state index in [0.717, 1.165) is 12.1 Å². The standard InChI is InChI=1S/C21H20Cl2N4O2S/c1-29-18-8-7-16(23)10-17(18)27-20(14-3-2-4-15(22)9-14)25-26-21(27)30-12-19(28)24-11-13-5-6-13/h2-4,7-10,13H,5-6,11-12H2,1H3,(H,24,28). The smallest absolute Gasteiger partial charge is 0.230 e. The summed E-state index contributed by atoms with van der Waals surface area (Å²) in [7, 11) is 1.59. The molecule has 3 aromatic rings. The number of methoxy groups -OCH3 is 1. The van der Waals surface area contributed by atoms with E-state index in [-0.39, 0.29) is 11.7 Å². The summed E-state index contributed by atoms with van der Waals surface area (Å²) in [5.74, 6) is 2.04. The Morgan fingerprint density at radius 2 is 2.00 bits per heavy atom. The maximum atomic E-state index is 12.2. The Morgan fingerprint density at radius 3 is 2.73 bits per heavy atom. The minimum atomic E-state index is -0.0242. The van der Waals surface area contributed by atoms with Crippen molar-refractivity contribution in [3.63, 3.8) is 0 Å². The number of rotatable bonds is 8. The van der Waals surface area contributed by atoms with Crippen LogP contribution in [0.25, 0.3) is 17.1 Å². The van der Waals surface area contributed by atoms with Gasteiger partial charge in [-0.3, -0.25) is 9.36 Å². The first-order valence-corrected chi connectivity index (χ1v) is 11.2. The highest BCUT2D eigenvalue weighted by Gasteiger charge is 2.23. The molecule has 156 valence electrons. The molecule has 0 bridgehead atoms. The molecular formula is C21H20Cl2N4O2S. The van der Waals surface area contributed by atoms with Crippen LogP contribution >= 0.6 is 35.0 Å². The number of amides is 1. The number of aromatic nitrogens is 3. The second-order valence-electron chi connectivity index (χ2n) is 7.00. The molecule has 30 heavy (non-hydrogen) atoms. The first kappa shape index (κ1) is 21.0. The highest BCUT2D eigenvalue weighted by Crippen LogP contribution is 2.35. The van der Waals surface area contributed by atoms with Crippen molar-refractivity contribution >= 4 is 40.9 Å². The molecule has 1 fully saturated rings. The van der Waals surface area contributed by atoms with Crippen LogP contribution < -0.4 is 10.1 Å². The lowest BCUT2D eigenvalue weighted by molar-refractivity contribution is -0.118. The van der Waals surface area contributed by atoms with E-state index in [2.05, 4.69) is 15.5 Å². The van der Waals surface area contributed by atoms with Gasteiger partial charge in [-0.2, -0.15) is 0 Å². The molecular weight excluding hydrogens is 443 g/mol. The molecule has 2 aromatic carbocycles. The van der Waals surface area contributed by atoms with Crippen LogP contribution in [0.1, 0.15) is 12.8 Å². The number of carbonyl (C=O) groups is 1. The van der Waals surface area contributed by atoms with Crippen molar-refractivity contribution in [2.45, 2.75) is 18.0 Å². The average Bonchev–Trinajstić information content (AvgIpc) is 3.48. The maximum absolute atomic E-state index is 12.2. The lowest BCUT2D eigenvalue weighted by atomic mass is 10.2. The Bertz CT molecular complexity index is 1070. The normalized spacial score (nSPS) is 13.3. The van der Waals surface area contributed by atoms with Crippen LogP contribution in [0.4, 0.5) is 0 Å². The molecule has 0 unspecified atom stereocenters. The average molecular weight is 463 g/mol. The van der Waals surface area contributed by atoms with Gasteiger partial charge >= 0.3 is 0 Å². The zero-order chi connectivity index (χ0) is 21.1. The summed E-state index contributed by atoms with van der Waals surface area (Å²) in [6.07, 6.45) is 2.39. The van der Waals surface area contributed by atoms with E-state index < -0.39 is 0 Å². The number of hydrogen-bond acceptors (Lipinski definition) is 5. The molecule has 1 aliphatic rings. The minimum Gasteiger partial charge on any atom is -0.495 e. The molecule has 4 rings (SSSR count). The van der Waals surface area contributed by atoms with Gasteiger partial charge in [0.05, 0.1) is 18.6 Å². The third-order valence-corrected chi connectivity index (χ3v) is 6.11. The van der Waals surface area contributed by atoms with E-state index in [1.807, 2.05) is 22.8 Å². The number of carbonyl (C=O) groups excluding carboxylic acids is 1. The molecule has 0 atom stereocenters. The molecule has 0 saturated heterocycles. The fourth-order valence-electron chi connectivity index (χ4n) is 2.99. The summed E-state index contributed by atoms with van der Waals surface area (Å²) in [6, 6.07) is 12.7. The molecule has 6 nitrogen and oxygen atoms in total. The van der Waals surface area contributed by atoms with Gasteiger partial charge in [0, 0.05) is 22.2 Å². The molecule has 1 N–H and O–H groups in total. The molecule has 1 aromatic heterocycles. The van der Waals surface area contributed by atoms with Crippen LogP contribution in [0.5, 0.6) is 5.75 Å². The van der Waals surface area contributed by atoms with Crippen molar-refractivity contribution in [2.24, 2.45) is 5.92 Å². The predicted octanol–water partition coefficient (Wildman–Crippen LogP) is 4.87. The Kier molecular flexibility index (Phi) is 6.51. The number of nitrogens with one attached hydrogen (secondary N) is 1. The van der Waals surface area contributed by atoms with E-state index in [1.165, 1.54) is 24.6 Å². The van der Waals surface area contributed by atoms with E-state index in [4.69, 9.17) is 27.9 Å². The summed E-state index contributed by atoms with van der Waals surface area (Å²) in [6.45, 7) is 0.738. The van der Waals surface area contributed by atoms with Gasteiger partial charge in [0.2, 0.25) is 5.91 Å². The lowest BCUT2D eigenvalue weighted by Crippen LogP contribution is -2.27. The van der Waals surface area contributed by atoms with Crippen LogP contribution in [0, 0.1) is 5.92 Å². The number of thioether (sulfide) groups is 1. The molecule has 9 heteroatoms. The van der Waals surface area contributed by atoms with E-state index in [9.17, 15) is 4.79 Å². The quantitative estimate of drug-likeness (QED) is 0.483.